The van der Waals surface area contributed by atoms with Crippen LogP contribution in [-0.4, -0.2) is 32.2 Å². The van der Waals surface area contributed by atoms with E-state index in [9.17, 15) is 4.79 Å². The van der Waals surface area contributed by atoms with Crippen molar-refractivity contribution in [3.63, 3.8) is 0 Å². The molecule has 0 aromatic heterocycles. The minimum atomic E-state index is 0. The molecule has 2 aliphatic rings. The Labute approximate surface area is 149 Å². The van der Waals surface area contributed by atoms with Gasteiger partial charge in [-0.25, -0.2) is 0 Å². The second-order valence-electron chi connectivity index (χ2n) is 6.54. The maximum absolute atomic E-state index is 12.2. The Morgan fingerprint density at radius 1 is 1.33 bits per heavy atom. The fourth-order valence-electron chi connectivity index (χ4n) is 3.29. The van der Waals surface area contributed by atoms with Crippen LogP contribution in [0.1, 0.15) is 31.7 Å². The lowest BCUT2D eigenvalue weighted by Gasteiger charge is -2.28. The highest BCUT2D eigenvalue weighted by Crippen LogP contribution is 2.30. The highest BCUT2D eigenvalue weighted by molar-refractivity contribution is 5.85. The van der Waals surface area contributed by atoms with Gasteiger partial charge in [0.2, 0.25) is 5.91 Å². The molecule has 6 heteroatoms. The van der Waals surface area contributed by atoms with E-state index in [1.54, 1.807) is 0 Å². The molecule has 1 aromatic rings. The first-order chi connectivity index (χ1) is 11.2. The standard InChI is InChI=1S/C18H26N2O3.ClH/c1-13(15-3-2-6-19-12-15)9-18(21)20-11-14-4-5-16-17(10-14)23-8-7-22-16;/h4-5,10,13,15,19H,2-3,6-9,11-12H2,1H3,(H,20,21);1H. The van der Waals surface area contributed by atoms with Gasteiger partial charge in [-0.3, -0.25) is 4.79 Å². The second kappa shape index (κ2) is 9.14. The smallest absolute Gasteiger partial charge is 0.220 e. The maximum atomic E-state index is 12.2. The molecule has 1 saturated heterocycles. The number of nitrogens with one attached hydrogen (secondary N) is 2. The molecule has 2 heterocycles. The molecule has 0 spiro atoms. The van der Waals surface area contributed by atoms with E-state index < -0.39 is 0 Å². The minimum Gasteiger partial charge on any atom is -0.486 e. The van der Waals surface area contributed by atoms with Crippen LogP contribution in [-0.2, 0) is 11.3 Å². The molecule has 2 unspecified atom stereocenters. The first kappa shape index (κ1) is 18.9. The van der Waals surface area contributed by atoms with E-state index in [2.05, 4.69) is 17.6 Å². The zero-order valence-corrected chi connectivity index (χ0v) is 15.0. The number of hydrogen-bond acceptors (Lipinski definition) is 4. The SMILES string of the molecule is CC(CC(=O)NCc1ccc2c(c1)OCCO2)C1CCCNC1.Cl. The summed E-state index contributed by atoms with van der Waals surface area (Å²) in [6.45, 7) is 6.04. The summed E-state index contributed by atoms with van der Waals surface area (Å²) in [7, 11) is 0. The van der Waals surface area contributed by atoms with Crippen molar-refractivity contribution >= 4 is 18.3 Å². The van der Waals surface area contributed by atoms with Crippen molar-refractivity contribution < 1.29 is 14.3 Å². The van der Waals surface area contributed by atoms with Gasteiger partial charge in [-0.15, -0.1) is 12.4 Å². The van der Waals surface area contributed by atoms with Crippen LogP contribution in [0.5, 0.6) is 11.5 Å². The summed E-state index contributed by atoms with van der Waals surface area (Å²) in [6.07, 6.45) is 3.04. The molecule has 0 saturated carbocycles. The Balaban J connectivity index is 0.00000208. The molecule has 2 aliphatic heterocycles. The highest BCUT2D eigenvalue weighted by Gasteiger charge is 2.22. The molecule has 134 valence electrons. The third-order valence-electron chi connectivity index (χ3n) is 4.74. The van der Waals surface area contributed by atoms with Crippen molar-refractivity contribution in [1.82, 2.24) is 10.6 Å². The maximum Gasteiger partial charge on any atom is 0.220 e. The number of carbonyl (C=O) groups is 1. The van der Waals surface area contributed by atoms with Gasteiger partial charge < -0.3 is 20.1 Å². The number of ether oxygens (including phenoxy) is 2. The van der Waals surface area contributed by atoms with Crippen molar-refractivity contribution in [3.05, 3.63) is 23.8 Å². The van der Waals surface area contributed by atoms with E-state index in [1.165, 1.54) is 12.8 Å². The molecular formula is C18H27ClN2O3. The van der Waals surface area contributed by atoms with Crippen molar-refractivity contribution in [1.29, 1.82) is 0 Å². The normalized spacial score (nSPS) is 20.6. The van der Waals surface area contributed by atoms with Gasteiger partial charge in [-0.2, -0.15) is 0 Å². The number of fused-ring (bicyclic) bond motifs is 1. The average molecular weight is 355 g/mol. The summed E-state index contributed by atoms with van der Waals surface area (Å²) < 4.78 is 11.1. The van der Waals surface area contributed by atoms with Crippen LogP contribution < -0.4 is 20.1 Å². The van der Waals surface area contributed by atoms with Crippen molar-refractivity contribution in [3.8, 4) is 11.5 Å². The Kier molecular flexibility index (Phi) is 7.18. The molecule has 2 N–H and O–H groups in total. The van der Waals surface area contributed by atoms with Crippen LogP contribution in [0, 0.1) is 11.8 Å². The van der Waals surface area contributed by atoms with Gasteiger partial charge >= 0.3 is 0 Å². The predicted molar refractivity (Wildman–Crippen MR) is 95.9 cm³/mol. The van der Waals surface area contributed by atoms with Gasteiger partial charge in [0.15, 0.2) is 11.5 Å². The summed E-state index contributed by atoms with van der Waals surface area (Å²) in [4.78, 5) is 12.2. The number of amides is 1. The molecule has 24 heavy (non-hydrogen) atoms. The quantitative estimate of drug-likeness (QED) is 0.853. The number of hydrogen-bond donors (Lipinski definition) is 2. The summed E-state index contributed by atoms with van der Waals surface area (Å²) >= 11 is 0. The molecule has 0 bridgehead atoms. The van der Waals surface area contributed by atoms with Crippen LogP contribution in [0.2, 0.25) is 0 Å². The molecule has 3 rings (SSSR count). The monoisotopic (exact) mass is 354 g/mol. The Hall–Kier alpha value is -1.46. The lowest BCUT2D eigenvalue weighted by atomic mass is 9.85. The topological polar surface area (TPSA) is 59.6 Å². The summed E-state index contributed by atoms with van der Waals surface area (Å²) in [5.41, 5.74) is 1.04. The summed E-state index contributed by atoms with van der Waals surface area (Å²) in [5.74, 6) is 2.71. The zero-order valence-electron chi connectivity index (χ0n) is 14.2. The molecule has 2 atom stereocenters. The molecule has 5 nitrogen and oxygen atoms in total. The Bertz CT molecular complexity index is 547. The lowest BCUT2D eigenvalue weighted by Crippen LogP contribution is -2.35. The predicted octanol–water partition coefficient (Wildman–Crippen LogP) is 2.52. The Morgan fingerprint density at radius 2 is 2.12 bits per heavy atom. The zero-order chi connectivity index (χ0) is 16.1. The van der Waals surface area contributed by atoms with E-state index in [0.717, 1.165) is 30.2 Å². The van der Waals surface area contributed by atoms with E-state index in [-0.39, 0.29) is 18.3 Å². The van der Waals surface area contributed by atoms with Gasteiger partial charge in [0.05, 0.1) is 0 Å². The van der Waals surface area contributed by atoms with Crippen molar-refractivity contribution in [2.45, 2.75) is 32.7 Å². The number of rotatable bonds is 5. The molecule has 1 amide bonds. The minimum absolute atomic E-state index is 0. The lowest BCUT2D eigenvalue weighted by molar-refractivity contribution is -0.122. The summed E-state index contributed by atoms with van der Waals surface area (Å²) in [6, 6.07) is 5.83. The number of halogens is 1. The van der Waals surface area contributed by atoms with Gasteiger partial charge in [0.25, 0.3) is 0 Å². The number of piperidine rings is 1. The first-order valence-electron chi connectivity index (χ1n) is 8.58. The number of carbonyl (C=O) groups excluding carboxylic acids is 1. The molecule has 0 aliphatic carbocycles. The van der Waals surface area contributed by atoms with Crippen molar-refractivity contribution in [2.24, 2.45) is 11.8 Å². The van der Waals surface area contributed by atoms with E-state index in [0.29, 0.717) is 38.0 Å². The van der Waals surface area contributed by atoms with E-state index in [1.807, 2.05) is 18.2 Å². The van der Waals surface area contributed by atoms with Crippen LogP contribution in [0.3, 0.4) is 0 Å². The molecule has 0 radical (unpaired) electrons. The van der Waals surface area contributed by atoms with E-state index in [4.69, 9.17) is 9.47 Å². The van der Waals surface area contributed by atoms with E-state index >= 15 is 0 Å². The molecule has 1 fully saturated rings. The van der Waals surface area contributed by atoms with Crippen LogP contribution in [0.15, 0.2) is 18.2 Å². The third kappa shape index (κ3) is 5.02. The van der Waals surface area contributed by atoms with Gasteiger partial charge in [-0.1, -0.05) is 13.0 Å². The third-order valence-corrected chi connectivity index (χ3v) is 4.74. The van der Waals surface area contributed by atoms with Crippen LogP contribution in [0.4, 0.5) is 0 Å². The average Bonchev–Trinajstić information content (AvgIpc) is 2.60. The number of benzene rings is 1. The second-order valence-corrected chi connectivity index (χ2v) is 6.54. The fourth-order valence-corrected chi connectivity index (χ4v) is 3.29. The first-order valence-corrected chi connectivity index (χ1v) is 8.58. The summed E-state index contributed by atoms with van der Waals surface area (Å²) in [5, 5.41) is 6.44. The van der Waals surface area contributed by atoms with Gasteiger partial charge in [0, 0.05) is 13.0 Å². The molecular weight excluding hydrogens is 328 g/mol. The largest absolute Gasteiger partial charge is 0.486 e. The van der Waals surface area contributed by atoms with Gasteiger partial charge in [-0.05, 0) is 55.5 Å². The highest BCUT2D eigenvalue weighted by atomic mass is 35.5. The fraction of sp³-hybridized carbons (Fsp3) is 0.611. The Morgan fingerprint density at radius 3 is 2.88 bits per heavy atom. The molecule has 1 aromatic carbocycles. The van der Waals surface area contributed by atoms with Crippen molar-refractivity contribution in [2.75, 3.05) is 26.3 Å². The van der Waals surface area contributed by atoms with Crippen LogP contribution >= 0.6 is 12.4 Å². The van der Waals surface area contributed by atoms with Gasteiger partial charge in [0.1, 0.15) is 13.2 Å². The van der Waals surface area contributed by atoms with Crippen LogP contribution in [0.25, 0.3) is 0 Å².